The Kier molecular flexibility index (Phi) is 6.83. The molecule has 0 bridgehead atoms. The van der Waals surface area contributed by atoms with Gasteiger partial charge in [-0.2, -0.15) is 8.78 Å². The molecule has 0 N–H and O–H groups in total. The SMILES string of the molecule is CS(=O)(=O)CCOC1CCC(N2CC=Cc3cc(Cl)c(OC(F)F)cc32)CC1. The van der Waals surface area contributed by atoms with Gasteiger partial charge in [-0.3, -0.25) is 0 Å². The Bertz CT molecular complexity index is 823. The van der Waals surface area contributed by atoms with E-state index in [0.29, 0.717) is 6.54 Å². The maximum Gasteiger partial charge on any atom is 0.387 e. The molecule has 9 heteroatoms. The molecule has 0 aromatic heterocycles. The van der Waals surface area contributed by atoms with Gasteiger partial charge in [-0.15, -0.1) is 0 Å². The first-order chi connectivity index (χ1) is 13.2. The van der Waals surface area contributed by atoms with E-state index in [9.17, 15) is 17.2 Å². The molecule has 0 amide bonds. The average Bonchev–Trinajstić information content (AvgIpc) is 2.61. The van der Waals surface area contributed by atoms with Crippen molar-refractivity contribution in [2.75, 3.05) is 30.1 Å². The number of sulfone groups is 1. The predicted molar refractivity (Wildman–Crippen MR) is 106 cm³/mol. The molecule has 0 atom stereocenters. The number of hydrogen-bond acceptors (Lipinski definition) is 5. The predicted octanol–water partition coefficient (Wildman–Crippen LogP) is 4.15. The van der Waals surface area contributed by atoms with Crippen LogP contribution in [0.25, 0.3) is 6.08 Å². The molecule has 1 aliphatic heterocycles. The van der Waals surface area contributed by atoms with Gasteiger partial charge in [0.05, 0.1) is 23.5 Å². The van der Waals surface area contributed by atoms with Crippen molar-refractivity contribution in [2.45, 2.75) is 44.4 Å². The quantitative estimate of drug-likeness (QED) is 0.644. The summed E-state index contributed by atoms with van der Waals surface area (Å²) in [7, 11) is -3.02. The Morgan fingerprint density at radius 2 is 1.96 bits per heavy atom. The number of rotatable bonds is 7. The molecular weight excluding hydrogens is 412 g/mol. The third-order valence-corrected chi connectivity index (χ3v) is 6.30. The summed E-state index contributed by atoms with van der Waals surface area (Å²) in [5, 5.41) is 0.161. The van der Waals surface area contributed by atoms with Gasteiger partial charge in [0.1, 0.15) is 15.6 Å². The van der Waals surface area contributed by atoms with Crippen LogP contribution in [0, 0.1) is 0 Å². The van der Waals surface area contributed by atoms with Gasteiger partial charge in [-0.05, 0) is 37.3 Å². The van der Waals surface area contributed by atoms with E-state index >= 15 is 0 Å². The molecule has 0 spiro atoms. The van der Waals surface area contributed by atoms with E-state index in [4.69, 9.17) is 16.3 Å². The number of ether oxygens (including phenoxy) is 2. The number of hydrogen-bond donors (Lipinski definition) is 0. The molecule has 1 heterocycles. The lowest BCUT2D eigenvalue weighted by molar-refractivity contribution is -0.0497. The maximum absolute atomic E-state index is 12.6. The average molecular weight is 436 g/mol. The normalized spacial score (nSPS) is 22.4. The standard InChI is InChI=1S/C19H24ClF2NO4S/c1-28(24,25)10-9-26-15-6-4-14(5-7-15)23-8-2-3-13-11-16(20)18(12-17(13)23)27-19(21)22/h2-3,11-12,14-15,19H,4-10H2,1H3. The second-order valence-corrected chi connectivity index (χ2v) is 9.87. The Labute approximate surface area is 169 Å². The van der Waals surface area contributed by atoms with Crippen LogP contribution in [0.1, 0.15) is 31.2 Å². The summed E-state index contributed by atoms with van der Waals surface area (Å²) in [6.07, 6.45) is 8.64. The summed E-state index contributed by atoms with van der Waals surface area (Å²) in [6.45, 7) is -2.02. The van der Waals surface area contributed by atoms with Crippen molar-refractivity contribution in [1.29, 1.82) is 0 Å². The smallest absolute Gasteiger partial charge is 0.387 e. The van der Waals surface area contributed by atoms with E-state index in [-0.39, 0.29) is 35.3 Å². The second kappa shape index (κ2) is 8.97. The van der Waals surface area contributed by atoms with Crippen molar-refractivity contribution in [1.82, 2.24) is 0 Å². The fraction of sp³-hybridized carbons (Fsp3) is 0.579. The summed E-state index contributed by atoms with van der Waals surface area (Å²) in [5.41, 5.74) is 1.72. The molecule has 28 heavy (non-hydrogen) atoms. The first-order valence-electron chi connectivity index (χ1n) is 9.24. The van der Waals surface area contributed by atoms with E-state index in [2.05, 4.69) is 9.64 Å². The van der Waals surface area contributed by atoms with Crippen molar-refractivity contribution in [3.8, 4) is 5.75 Å². The minimum atomic E-state index is -3.02. The zero-order chi connectivity index (χ0) is 20.3. The van der Waals surface area contributed by atoms with Gasteiger partial charge in [0, 0.05) is 30.6 Å². The minimum absolute atomic E-state index is 0.0199. The number of fused-ring (bicyclic) bond motifs is 1. The molecule has 1 fully saturated rings. The Morgan fingerprint density at radius 1 is 1.25 bits per heavy atom. The third kappa shape index (κ3) is 5.58. The molecule has 3 rings (SSSR count). The number of anilines is 1. The van der Waals surface area contributed by atoms with Crippen LogP contribution >= 0.6 is 11.6 Å². The Morgan fingerprint density at radius 3 is 2.61 bits per heavy atom. The molecule has 156 valence electrons. The highest BCUT2D eigenvalue weighted by Gasteiger charge is 2.29. The maximum atomic E-state index is 12.6. The minimum Gasteiger partial charge on any atom is -0.433 e. The molecule has 0 radical (unpaired) electrons. The number of nitrogens with zero attached hydrogens (tertiary/aromatic N) is 1. The lowest BCUT2D eigenvalue weighted by Gasteiger charge is -2.40. The van der Waals surface area contributed by atoms with Crippen LogP contribution in [0.2, 0.25) is 5.02 Å². The van der Waals surface area contributed by atoms with Gasteiger partial charge >= 0.3 is 6.61 Å². The van der Waals surface area contributed by atoms with Gasteiger partial charge in [-0.25, -0.2) is 8.42 Å². The van der Waals surface area contributed by atoms with Crippen LogP contribution in [0.15, 0.2) is 18.2 Å². The second-order valence-electron chi connectivity index (χ2n) is 7.21. The molecule has 2 aliphatic rings. The molecular formula is C19H24ClF2NO4S. The first kappa shape index (κ1) is 21.3. The van der Waals surface area contributed by atoms with Gasteiger partial charge in [0.2, 0.25) is 0 Å². The van der Waals surface area contributed by atoms with Gasteiger partial charge in [0.25, 0.3) is 0 Å². The Hall–Kier alpha value is -1.38. The zero-order valence-electron chi connectivity index (χ0n) is 15.6. The van der Waals surface area contributed by atoms with Crippen molar-refractivity contribution in [2.24, 2.45) is 0 Å². The van der Waals surface area contributed by atoms with Crippen molar-refractivity contribution >= 4 is 33.2 Å². The number of benzene rings is 1. The summed E-state index contributed by atoms with van der Waals surface area (Å²) in [5.74, 6) is 0.0127. The van der Waals surface area contributed by atoms with E-state index < -0.39 is 16.4 Å². The van der Waals surface area contributed by atoms with Gasteiger partial charge in [-0.1, -0.05) is 23.8 Å². The van der Waals surface area contributed by atoms with Crippen molar-refractivity contribution < 1.29 is 26.7 Å². The van der Waals surface area contributed by atoms with Crippen LogP contribution in [0.3, 0.4) is 0 Å². The van der Waals surface area contributed by atoms with E-state index in [1.807, 2.05) is 12.2 Å². The summed E-state index contributed by atoms with van der Waals surface area (Å²) < 4.78 is 58.0. The molecule has 1 aliphatic carbocycles. The van der Waals surface area contributed by atoms with Gasteiger partial charge < -0.3 is 14.4 Å². The molecule has 0 saturated heterocycles. The fourth-order valence-corrected chi connectivity index (χ4v) is 4.37. The van der Waals surface area contributed by atoms with Crippen molar-refractivity contribution in [3.05, 3.63) is 28.8 Å². The summed E-state index contributed by atoms with van der Waals surface area (Å²) >= 11 is 6.07. The summed E-state index contributed by atoms with van der Waals surface area (Å²) in [6, 6.07) is 3.48. The van der Waals surface area contributed by atoms with Crippen LogP contribution in [0.4, 0.5) is 14.5 Å². The van der Waals surface area contributed by atoms with E-state index in [0.717, 1.165) is 36.9 Å². The number of halogens is 3. The molecule has 5 nitrogen and oxygen atoms in total. The highest BCUT2D eigenvalue weighted by molar-refractivity contribution is 7.90. The van der Waals surface area contributed by atoms with Crippen molar-refractivity contribution in [3.63, 3.8) is 0 Å². The fourth-order valence-electron chi connectivity index (χ4n) is 3.75. The van der Waals surface area contributed by atoms with Crippen LogP contribution in [-0.4, -0.2) is 52.3 Å². The zero-order valence-corrected chi connectivity index (χ0v) is 17.2. The topological polar surface area (TPSA) is 55.8 Å². The molecule has 1 saturated carbocycles. The monoisotopic (exact) mass is 435 g/mol. The molecule has 0 unspecified atom stereocenters. The molecule has 1 aromatic rings. The highest BCUT2D eigenvalue weighted by Crippen LogP contribution is 2.39. The number of alkyl halides is 2. The van der Waals surface area contributed by atoms with E-state index in [1.54, 1.807) is 12.1 Å². The van der Waals surface area contributed by atoms with Crippen LogP contribution in [-0.2, 0) is 14.6 Å². The largest absolute Gasteiger partial charge is 0.433 e. The Balaban J connectivity index is 1.64. The lowest BCUT2D eigenvalue weighted by atomic mass is 9.90. The van der Waals surface area contributed by atoms with Crippen LogP contribution in [0.5, 0.6) is 5.75 Å². The molecule has 1 aromatic carbocycles. The van der Waals surface area contributed by atoms with Gasteiger partial charge in [0.15, 0.2) is 0 Å². The summed E-state index contributed by atoms with van der Waals surface area (Å²) in [4.78, 5) is 2.19. The lowest BCUT2D eigenvalue weighted by Crippen LogP contribution is -2.41. The third-order valence-electron chi connectivity index (χ3n) is 5.10. The van der Waals surface area contributed by atoms with Crippen LogP contribution < -0.4 is 9.64 Å². The highest BCUT2D eigenvalue weighted by atomic mass is 35.5. The van der Waals surface area contributed by atoms with E-state index in [1.165, 1.54) is 6.26 Å². The first-order valence-corrected chi connectivity index (χ1v) is 11.7.